The van der Waals surface area contributed by atoms with Crippen LogP contribution in [0, 0.1) is 0 Å². The number of aliphatic carboxylic acids is 1. The zero-order valence-electron chi connectivity index (χ0n) is 13.4. The van der Waals surface area contributed by atoms with Gasteiger partial charge in [0, 0.05) is 17.2 Å². The molecule has 0 aliphatic heterocycles. The van der Waals surface area contributed by atoms with Gasteiger partial charge in [0.15, 0.2) is 0 Å². The molecule has 1 atom stereocenters. The van der Waals surface area contributed by atoms with Crippen molar-refractivity contribution in [2.24, 2.45) is 0 Å². The van der Waals surface area contributed by atoms with E-state index in [0.717, 1.165) is 29.1 Å². The first-order valence-electron chi connectivity index (χ1n) is 7.84. The highest BCUT2D eigenvalue weighted by Gasteiger charge is 2.19. The Balaban J connectivity index is 2.06. The van der Waals surface area contributed by atoms with Crippen LogP contribution in [0.25, 0.3) is 0 Å². The number of hydrogen-bond acceptors (Lipinski definition) is 3. The van der Waals surface area contributed by atoms with Gasteiger partial charge in [0.05, 0.1) is 5.92 Å². The number of carbonyl (C=O) groups is 1. The summed E-state index contributed by atoms with van der Waals surface area (Å²) in [7, 11) is 0. The maximum Gasteiger partial charge on any atom is 0.310 e. The Morgan fingerprint density at radius 1 is 1.13 bits per heavy atom. The number of nitrogens with two attached hydrogens (primary N) is 1. The first kappa shape index (κ1) is 17.4. The van der Waals surface area contributed by atoms with E-state index in [0.29, 0.717) is 12.1 Å². The van der Waals surface area contributed by atoms with E-state index in [1.165, 1.54) is 5.56 Å². The molecule has 2 rings (SSSR count). The topological polar surface area (TPSA) is 63.3 Å². The molecule has 1 unspecified atom stereocenters. The number of benzene rings is 2. The van der Waals surface area contributed by atoms with Crippen molar-refractivity contribution in [3.05, 3.63) is 65.2 Å². The van der Waals surface area contributed by atoms with E-state index in [4.69, 9.17) is 5.73 Å². The Morgan fingerprint density at radius 2 is 1.83 bits per heavy atom. The zero-order chi connectivity index (χ0) is 16.7. The van der Waals surface area contributed by atoms with E-state index in [9.17, 15) is 9.90 Å². The zero-order valence-corrected chi connectivity index (χ0v) is 14.2. The summed E-state index contributed by atoms with van der Waals surface area (Å²) in [5.41, 5.74) is 9.80. The van der Waals surface area contributed by atoms with Crippen LogP contribution in [0.15, 0.2) is 48.5 Å². The second-order valence-corrected chi connectivity index (χ2v) is 6.65. The summed E-state index contributed by atoms with van der Waals surface area (Å²) in [6.45, 7) is 2.00. The Kier molecular flexibility index (Phi) is 6.53. The van der Waals surface area contributed by atoms with Gasteiger partial charge in [0.1, 0.15) is 0 Å². The summed E-state index contributed by atoms with van der Waals surface area (Å²) in [6.07, 6.45) is 1.47. The fourth-order valence-corrected chi connectivity index (χ4v) is 3.55. The van der Waals surface area contributed by atoms with Crippen molar-refractivity contribution in [3.63, 3.8) is 0 Å². The summed E-state index contributed by atoms with van der Waals surface area (Å²) < 4.78 is 0. The number of carboxylic acids is 1. The molecule has 23 heavy (non-hydrogen) atoms. The SMILES string of the molecule is CCCC(C(=O)O)c1cc(N)cc(CSCc2ccccc2)c1. The lowest BCUT2D eigenvalue weighted by molar-refractivity contribution is -0.139. The Hall–Kier alpha value is -1.94. The van der Waals surface area contributed by atoms with Gasteiger partial charge in [-0.05, 0) is 35.2 Å². The predicted molar refractivity (Wildman–Crippen MR) is 97.6 cm³/mol. The highest BCUT2D eigenvalue weighted by atomic mass is 32.2. The van der Waals surface area contributed by atoms with Crippen LogP contribution >= 0.6 is 11.8 Å². The van der Waals surface area contributed by atoms with E-state index in [1.54, 1.807) is 6.07 Å². The smallest absolute Gasteiger partial charge is 0.310 e. The summed E-state index contributed by atoms with van der Waals surface area (Å²) in [5, 5.41) is 9.42. The number of nitrogen functional groups attached to an aromatic ring is 1. The molecule has 4 heteroatoms. The van der Waals surface area contributed by atoms with Crippen LogP contribution in [0.3, 0.4) is 0 Å². The first-order chi connectivity index (χ1) is 11.1. The highest BCUT2D eigenvalue weighted by molar-refractivity contribution is 7.97. The maximum absolute atomic E-state index is 11.5. The normalized spacial score (nSPS) is 12.0. The minimum absolute atomic E-state index is 0.471. The summed E-state index contributed by atoms with van der Waals surface area (Å²) in [6, 6.07) is 16.0. The minimum atomic E-state index is -0.777. The van der Waals surface area contributed by atoms with Gasteiger partial charge in [-0.1, -0.05) is 49.7 Å². The summed E-state index contributed by atoms with van der Waals surface area (Å²) >= 11 is 1.81. The van der Waals surface area contributed by atoms with E-state index in [1.807, 2.05) is 49.0 Å². The van der Waals surface area contributed by atoms with Crippen LogP contribution < -0.4 is 5.73 Å². The monoisotopic (exact) mass is 329 g/mol. The van der Waals surface area contributed by atoms with Crippen molar-refractivity contribution in [2.75, 3.05) is 5.73 Å². The lowest BCUT2D eigenvalue weighted by Crippen LogP contribution is -2.12. The van der Waals surface area contributed by atoms with Crippen molar-refractivity contribution in [3.8, 4) is 0 Å². The van der Waals surface area contributed by atoms with Gasteiger partial charge >= 0.3 is 5.97 Å². The molecule has 2 aromatic carbocycles. The first-order valence-corrected chi connectivity index (χ1v) is 8.99. The molecular weight excluding hydrogens is 306 g/mol. The number of hydrogen-bond donors (Lipinski definition) is 2. The number of rotatable bonds is 8. The second-order valence-electron chi connectivity index (χ2n) is 5.67. The Bertz CT molecular complexity index is 643. The quantitative estimate of drug-likeness (QED) is 0.691. The summed E-state index contributed by atoms with van der Waals surface area (Å²) in [5.74, 6) is 0.509. The number of carboxylic acid groups (broad SMARTS) is 1. The molecule has 0 spiro atoms. The van der Waals surface area contributed by atoms with Gasteiger partial charge in [-0.2, -0.15) is 11.8 Å². The second kappa shape index (κ2) is 8.63. The molecular formula is C19H23NO2S. The van der Waals surface area contributed by atoms with Crippen molar-refractivity contribution in [1.82, 2.24) is 0 Å². The predicted octanol–water partition coefficient (Wildman–Crippen LogP) is 4.67. The van der Waals surface area contributed by atoms with E-state index < -0.39 is 11.9 Å². The fraction of sp³-hybridized carbons (Fsp3) is 0.316. The third kappa shape index (κ3) is 5.32. The molecule has 0 heterocycles. The highest BCUT2D eigenvalue weighted by Crippen LogP contribution is 2.27. The van der Waals surface area contributed by atoms with Crippen molar-refractivity contribution < 1.29 is 9.90 Å². The number of thioether (sulfide) groups is 1. The molecule has 0 amide bonds. The van der Waals surface area contributed by atoms with Crippen LogP contribution in [-0.2, 0) is 16.3 Å². The Labute approximate surface area is 141 Å². The van der Waals surface area contributed by atoms with E-state index in [-0.39, 0.29) is 0 Å². The van der Waals surface area contributed by atoms with Gasteiger partial charge in [-0.15, -0.1) is 0 Å². The van der Waals surface area contributed by atoms with Crippen molar-refractivity contribution >= 4 is 23.4 Å². The molecule has 0 bridgehead atoms. The van der Waals surface area contributed by atoms with Crippen molar-refractivity contribution in [1.29, 1.82) is 0 Å². The molecule has 0 saturated carbocycles. The van der Waals surface area contributed by atoms with Crippen LogP contribution in [0.5, 0.6) is 0 Å². The molecule has 0 saturated heterocycles. The van der Waals surface area contributed by atoms with Crippen LogP contribution in [0.4, 0.5) is 5.69 Å². The average Bonchev–Trinajstić information content (AvgIpc) is 2.53. The Morgan fingerprint density at radius 3 is 2.48 bits per heavy atom. The number of anilines is 1. The largest absolute Gasteiger partial charge is 0.481 e. The van der Waals surface area contributed by atoms with Gasteiger partial charge in [-0.25, -0.2) is 0 Å². The van der Waals surface area contributed by atoms with Gasteiger partial charge in [-0.3, -0.25) is 4.79 Å². The van der Waals surface area contributed by atoms with Crippen LogP contribution in [0.2, 0.25) is 0 Å². The molecule has 2 aromatic rings. The van der Waals surface area contributed by atoms with Crippen LogP contribution in [-0.4, -0.2) is 11.1 Å². The minimum Gasteiger partial charge on any atom is -0.481 e. The fourth-order valence-electron chi connectivity index (χ4n) is 2.61. The molecule has 3 nitrogen and oxygen atoms in total. The van der Waals surface area contributed by atoms with Gasteiger partial charge < -0.3 is 10.8 Å². The van der Waals surface area contributed by atoms with E-state index in [2.05, 4.69) is 12.1 Å². The molecule has 0 aliphatic rings. The molecule has 0 radical (unpaired) electrons. The average molecular weight is 329 g/mol. The third-order valence-electron chi connectivity index (χ3n) is 3.70. The lowest BCUT2D eigenvalue weighted by atomic mass is 9.93. The van der Waals surface area contributed by atoms with E-state index >= 15 is 0 Å². The van der Waals surface area contributed by atoms with Gasteiger partial charge in [0.2, 0.25) is 0 Å². The third-order valence-corrected chi connectivity index (χ3v) is 4.77. The van der Waals surface area contributed by atoms with Crippen LogP contribution in [0.1, 0.15) is 42.4 Å². The van der Waals surface area contributed by atoms with Gasteiger partial charge in [0.25, 0.3) is 0 Å². The molecule has 0 aromatic heterocycles. The molecule has 0 fully saturated rings. The standard InChI is InChI=1S/C19H23NO2S/c1-2-6-18(19(21)22)16-9-15(10-17(20)11-16)13-23-12-14-7-4-3-5-8-14/h3-5,7-11,18H,2,6,12-13,20H2,1H3,(H,21,22). The summed E-state index contributed by atoms with van der Waals surface area (Å²) in [4.78, 5) is 11.5. The molecule has 122 valence electrons. The molecule has 3 N–H and O–H groups in total. The lowest BCUT2D eigenvalue weighted by Gasteiger charge is -2.14. The molecule has 0 aliphatic carbocycles. The maximum atomic E-state index is 11.5. The van der Waals surface area contributed by atoms with Crippen molar-refractivity contribution in [2.45, 2.75) is 37.2 Å².